The number of allylic oxidation sites excluding steroid dienone is 1. The number of rotatable bonds is 4. The van der Waals surface area contributed by atoms with Gasteiger partial charge in [-0.1, -0.05) is 6.92 Å². The van der Waals surface area contributed by atoms with Crippen LogP contribution in [0.15, 0.2) is 36.1 Å². The first-order chi connectivity index (χ1) is 7.65. The number of benzene rings is 1. The summed E-state index contributed by atoms with van der Waals surface area (Å²) in [5.74, 6) is 0.0696. The van der Waals surface area contributed by atoms with Crippen LogP contribution in [0.2, 0.25) is 0 Å². The van der Waals surface area contributed by atoms with Crippen LogP contribution in [0.5, 0.6) is 5.75 Å². The van der Waals surface area contributed by atoms with Crippen LogP contribution in [-0.4, -0.2) is 10.0 Å². The van der Waals surface area contributed by atoms with Crippen LogP contribution in [0.1, 0.15) is 18.9 Å². The van der Waals surface area contributed by atoms with Crippen molar-refractivity contribution in [2.45, 2.75) is 19.8 Å². The number of nitro benzene ring substituents is 1. The van der Waals surface area contributed by atoms with Gasteiger partial charge in [-0.2, -0.15) is 0 Å². The van der Waals surface area contributed by atoms with E-state index in [0.29, 0.717) is 12.0 Å². The largest absolute Gasteiger partial charge is 0.508 e. The molecule has 0 aromatic heterocycles. The summed E-state index contributed by atoms with van der Waals surface area (Å²) < 4.78 is 0. The SMILES string of the molecule is CCC=C=CCc1cc([N+](=O)[O-])ccc1O. The molecule has 0 saturated heterocycles. The third kappa shape index (κ3) is 3.26. The first-order valence-corrected chi connectivity index (χ1v) is 5.00. The van der Waals surface area contributed by atoms with Crippen molar-refractivity contribution in [3.63, 3.8) is 0 Å². The minimum Gasteiger partial charge on any atom is -0.508 e. The molecule has 4 heteroatoms. The van der Waals surface area contributed by atoms with Crippen molar-refractivity contribution in [2.24, 2.45) is 0 Å². The van der Waals surface area contributed by atoms with E-state index >= 15 is 0 Å². The van der Waals surface area contributed by atoms with Gasteiger partial charge in [0.05, 0.1) is 4.92 Å². The van der Waals surface area contributed by atoms with Gasteiger partial charge in [0, 0.05) is 24.1 Å². The van der Waals surface area contributed by atoms with E-state index in [9.17, 15) is 15.2 Å². The maximum atomic E-state index is 10.5. The molecule has 0 amide bonds. The lowest BCUT2D eigenvalue weighted by molar-refractivity contribution is -0.384. The smallest absolute Gasteiger partial charge is 0.269 e. The van der Waals surface area contributed by atoms with Crippen LogP contribution < -0.4 is 0 Å². The van der Waals surface area contributed by atoms with Gasteiger partial charge in [0.15, 0.2) is 0 Å². The Bertz CT molecular complexity index is 446. The molecule has 0 spiro atoms. The fourth-order valence-corrected chi connectivity index (χ4v) is 1.22. The van der Waals surface area contributed by atoms with Crippen LogP contribution in [0.25, 0.3) is 0 Å². The van der Waals surface area contributed by atoms with Gasteiger partial charge in [-0.3, -0.25) is 10.1 Å². The molecule has 0 atom stereocenters. The summed E-state index contributed by atoms with van der Waals surface area (Å²) in [6.45, 7) is 1.99. The molecule has 0 saturated carbocycles. The van der Waals surface area contributed by atoms with Gasteiger partial charge in [0.25, 0.3) is 5.69 Å². The van der Waals surface area contributed by atoms with E-state index in [1.807, 2.05) is 13.0 Å². The highest BCUT2D eigenvalue weighted by Crippen LogP contribution is 2.23. The number of hydrogen-bond acceptors (Lipinski definition) is 3. The molecule has 4 nitrogen and oxygen atoms in total. The van der Waals surface area contributed by atoms with E-state index in [4.69, 9.17) is 0 Å². The van der Waals surface area contributed by atoms with Crippen molar-refractivity contribution < 1.29 is 10.0 Å². The van der Waals surface area contributed by atoms with E-state index in [1.54, 1.807) is 6.08 Å². The Hall–Kier alpha value is -2.06. The summed E-state index contributed by atoms with van der Waals surface area (Å²) in [4.78, 5) is 10.1. The second-order valence-corrected chi connectivity index (χ2v) is 3.26. The normalized spacial score (nSPS) is 9.31. The third-order valence-corrected chi connectivity index (χ3v) is 2.04. The second-order valence-electron chi connectivity index (χ2n) is 3.26. The molecule has 0 aliphatic rings. The summed E-state index contributed by atoms with van der Waals surface area (Å²) >= 11 is 0. The highest BCUT2D eigenvalue weighted by atomic mass is 16.6. The van der Waals surface area contributed by atoms with Crippen LogP contribution in [0.3, 0.4) is 0 Å². The number of phenols is 1. The molecular weight excluding hydrogens is 206 g/mol. The molecule has 0 bridgehead atoms. The zero-order valence-electron chi connectivity index (χ0n) is 9.01. The van der Waals surface area contributed by atoms with E-state index in [-0.39, 0.29) is 11.4 Å². The van der Waals surface area contributed by atoms with Gasteiger partial charge >= 0.3 is 0 Å². The van der Waals surface area contributed by atoms with E-state index in [0.717, 1.165) is 6.42 Å². The number of nitrogens with zero attached hydrogens (tertiary/aromatic N) is 1. The number of non-ortho nitro benzene ring substituents is 1. The lowest BCUT2D eigenvalue weighted by atomic mass is 10.1. The summed E-state index contributed by atoms with van der Waals surface area (Å²) in [7, 11) is 0. The van der Waals surface area contributed by atoms with E-state index in [2.05, 4.69) is 5.73 Å². The molecule has 1 N–H and O–H groups in total. The Morgan fingerprint density at radius 2 is 2.25 bits per heavy atom. The maximum Gasteiger partial charge on any atom is 0.269 e. The Kier molecular flexibility index (Phi) is 4.30. The highest BCUT2D eigenvalue weighted by molar-refractivity contribution is 5.43. The van der Waals surface area contributed by atoms with Crippen molar-refractivity contribution in [1.82, 2.24) is 0 Å². The lowest BCUT2D eigenvalue weighted by Crippen LogP contribution is -1.90. The van der Waals surface area contributed by atoms with Crippen molar-refractivity contribution >= 4 is 5.69 Å². The minimum atomic E-state index is -0.478. The predicted octanol–water partition coefficient (Wildman–Crippen LogP) is 2.96. The third-order valence-electron chi connectivity index (χ3n) is 2.04. The molecule has 1 aromatic rings. The standard InChI is InChI=1S/C12H13NO3/c1-2-3-4-5-6-10-9-11(13(15)16)7-8-12(10)14/h3,5,7-9,14H,2,6H2,1H3. The Morgan fingerprint density at radius 1 is 1.50 bits per heavy atom. The van der Waals surface area contributed by atoms with E-state index < -0.39 is 4.92 Å². The highest BCUT2D eigenvalue weighted by Gasteiger charge is 2.08. The molecule has 0 heterocycles. The molecule has 0 aliphatic heterocycles. The molecule has 16 heavy (non-hydrogen) atoms. The van der Waals surface area contributed by atoms with Crippen LogP contribution in [0, 0.1) is 10.1 Å². The summed E-state index contributed by atoms with van der Waals surface area (Å²) in [6.07, 6.45) is 4.91. The zero-order valence-corrected chi connectivity index (χ0v) is 9.01. The number of nitro groups is 1. The maximum absolute atomic E-state index is 10.5. The monoisotopic (exact) mass is 219 g/mol. The van der Waals surface area contributed by atoms with Crippen molar-refractivity contribution in [3.8, 4) is 5.75 Å². The molecule has 0 radical (unpaired) electrons. The zero-order chi connectivity index (χ0) is 12.0. The quantitative estimate of drug-likeness (QED) is 0.481. The lowest BCUT2D eigenvalue weighted by Gasteiger charge is -2.00. The summed E-state index contributed by atoms with van der Waals surface area (Å²) in [5.41, 5.74) is 3.45. The topological polar surface area (TPSA) is 63.4 Å². The second kappa shape index (κ2) is 5.73. The number of aromatic hydroxyl groups is 1. The van der Waals surface area contributed by atoms with Crippen molar-refractivity contribution in [3.05, 3.63) is 51.8 Å². The molecule has 1 aromatic carbocycles. The van der Waals surface area contributed by atoms with Gasteiger partial charge in [-0.25, -0.2) is 0 Å². The summed E-state index contributed by atoms with van der Waals surface area (Å²) in [5, 5.41) is 20.0. The van der Waals surface area contributed by atoms with Crippen LogP contribution >= 0.6 is 0 Å². The fourth-order valence-electron chi connectivity index (χ4n) is 1.22. The first-order valence-electron chi connectivity index (χ1n) is 5.00. The van der Waals surface area contributed by atoms with Crippen LogP contribution in [-0.2, 0) is 6.42 Å². The van der Waals surface area contributed by atoms with Gasteiger partial charge < -0.3 is 5.11 Å². The fraction of sp³-hybridized carbons (Fsp3) is 0.250. The van der Waals surface area contributed by atoms with Gasteiger partial charge in [-0.15, -0.1) is 5.73 Å². The molecular formula is C12H13NO3. The van der Waals surface area contributed by atoms with Gasteiger partial charge in [0.1, 0.15) is 5.75 Å². The molecule has 0 fully saturated rings. The molecule has 0 unspecified atom stereocenters. The Balaban J connectivity index is 2.90. The molecule has 1 rings (SSSR count). The van der Waals surface area contributed by atoms with Gasteiger partial charge in [-0.05, 0) is 24.6 Å². The Labute approximate surface area is 93.7 Å². The Morgan fingerprint density at radius 3 is 2.88 bits per heavy atom. The minimum absolute atomic E-state index is 0.0133. The number of phenolic OH excluding ortho intramolecular Hbond substituents is 1. The van der Waals surface area contributed by atoms with Gasteiger partial charge in [0.2, 0.25) is 0 Å². The average molecular weight is 219 g/mol. The van der Waals surface area contributed by atoms with Crippen molar-refractivity contribution in [1.29, 1.82) is 0 Å². The van der Waals surface area contributed by atoms with Crippen LogP contribution in [0.4, 0.5) is 5.69 Å². The van der Waals surface area contributed by atoms with Crippen molar-refractivity contribution in [2.75, 3.05) is 0 Å². The molecule has 0 aliphatic carbocycles. The van der Waals surface area contributed by atoms with E-state index in [1.165, 1.54) is 18.2 Å². The molecule has 84 valence electrons. The summed E-state index contributed by atoms with van der Waals surface area (Å²) in [6, 6.07) is 3.99. The average Bonchev–Trinajstić information content (AvgIpc) is 2.26. The first kappa shape index (κ1) is 12.0. The predicted molar refractivity (Wildman–Crippen MR) is 61.4 cm³/mol. The number of hydrogen-bond donors (Lipinski definition) is 1.